The van der Waals surface area contributed by atoms with Gasteiger partial charge in [-0.05, 0) is 6.42 Å². The average Bonchev–Trinajstić information content (AvgIpc) is 2.77. The van der Waals surface area contributed by atoms with Crippen LogP contribution in [0.4, 0.5) is 0 Å². The van der Waals surface area contributed by atoms with E-state index in [-0.39, 0.29) is 6.61 Å². The summed E-state index contributed by atoms with van der Waals surface area (Å²) in [4.78, 5) is 7.56. The molecular formula is C10H16N2OS2. The molecule has 3 nitrogen and oxygen atoms in total. The van der Waals surface area contributed by atoms with Crippen LogP contribution in [0.15, 0.2) is 6.20 Å². The van der Waals surface area contributed by atoms with Gasteiger partial charge in [0.2, 0.25) is 0 Å². The van der Waals surface area contributed by atoms with Crippen molar-refractivity contribution in [1.29, 1.82) is 0 Å². The van der Waals surface area contributed by atoms with Crippen molar-refractivity contribution >= 4 is 23.5 Å². The molecule has 2 rings (SSSR count). The van der Waals surface area contributed by atoms with E-state index in [2.05, 4.69) is 16.9 Å². The summed E-state index contributed by atoms with van der Waals surface area (Å²) in [6, 6.07) is 0. The summed E-state index contributed by atoms with van der Waals surface area (Å²) in [7, 11) is 0. The molecule has 1 saturated heterocycles. The number of rotatable bonds is 3. The van der Waals surface area contributed by atoms with Crippen molar-refractivity contribution in [2.45, 2.75) is 30.5 Å². The van der Waals surface area contributed by atoms with Crippen LogP contribution < -0.4 is 0 Å². The van der Waals surface area contributed by atoms with E-state index in [1.807, 2.05) is 23.5 Å². The van der Waals surface area contributed by atoms with Crippen molar-refractivity contribution in [3.63, 3.8) is 0 Å². The minimum Gasteiger partial charge on any atom is -0.390 e. The van der Waals surface area contributed by atoms with Crippen molar-refractivity contribution in [3.8, 4) is 0 Å². The van der Waals surface area contributed by atoms with E-state index in [0.29, 0.717) is 10.5 Å². The number of aliphatic hydroxyl groups excluding tert-OH is 1. The molecule has 2 heterocycles. The van der Waals surface area contributed by atoms with Crippen LogP contribution in [0.2, 0.25) is 0 Å². The third-order valence-electron chi connectivity index (χ3n) is 2.54. The van der Waals surface area contributed by atoms with Crippen LogP contribution in [0, 0.1) is 0 Å². The smallest absolute Gasteiger partial charge is 0.120 e. The van der Waals surface area contributed by atoms with Crippen LogP contribution in [0.3, 0.4) is 0 Å². The summed E-state index contributed by atoms with van der Waals surface area (Å²) < 4.78 is 0. The number of aromatic nitrogens is 2. The predicted octanol–water partition coefficient (Wildman–Crippen LogP) is 2.20. The monoisotopic (exact) mass is 244 g/mol. The standard InChI is InChI=1S/C10H16N2OS2/c1-2-8-9(15-4-3-14-8)10-11-5-7(6-13)12-10/h5,8-9,13H,2-4,6H2,1H3,(H,11,12). The maximum atomic E-state index is 8.99. The molecule has 5 heteroatoms. The molecule has 1 aromatic heterocycles. The van der Waals surface area contributed by atoms with Crippen molar-refractivity contribution in [3.05, 3.63) is 17.7 Å². The van der Waals surface area contributed by atoms with Crippen LogP contribution in [0.25, 0.3) is 0 Å². The Labute approximate surface area is 98.4 Å². The van der Waals surface area contributed by atoms with Gasteiger partial charge in [-0.3, -0.25) is 0 Å². The Hall–Kier alpha value is -0.130. The Morgan fingerprint density at radius 1 is 1.53 bits per heavy atom. The first-order chi connectivity index (χ1) is 7.35. The lowest BCUT2D eigenvalue weighted by Gasteiger charge is -2.28. The quantitative estimate of drug-likeness (QED) is 0.856. The molecule has 0 radical (unpaired) electrons. The Kier molecular flexibility index (Phi) is 3.99. The first-order valence-corrected chi connectivity index (χ1v) is 7.32. The molecule has 1 fully saturated rings. The van der Waals surface area contributed by atoms with Gasteiger partial charge < -0.3 is 10.1 Å². The zero-order valence-corrected chi connectivity index (χ0v) is 10.4. The second-order valence-corrected chi connectivity index (χ2v) is 6.16. The minimum absolute atomic E-state index is 0.0499. The van der Waals surface area contributed by atoms with Crippen molar-refractivity contribution in [2.24, 2.45) is 0 Å². The molecule has 2 atom stereocenters. The highest BCUT2D eigenvalue weighted by molar-refractivity contribution is 8.06. The molecule has 0 saturated carbocycles. The number of H-pyrrole nitrogens is 1. The molecule has 1 aromatic rings. The van der Waals surface area contributed by atoms with Crippen molar-refractivity contribution in [1.82, 2.24) is 9.97 Å². The molecule has 0 amide bonds. The van der Waals surface area contributed by atoms with E-state index >= 15 is 0 Å². The van der Waals surface area contributed by atoms with Gasteiger partial charge in [0.15, 0.2) is 0 Å². The number of aromatic amines is 1. The number of hydrogen-bond donors (Lipinski definition) is 2. The van der Waals surface area contributed by atoms with Gasteiger partial charge in [-0.1, -0.05) is 6.92 Å². The summed E-state index contributed by atoms with van der Waals surface area (Å²) in [6.45, 7) is 2.28. The number of nitrogens with zero attached hydrogens (tertiary/aromatic N) is 1. The maximum Gasteiger partial charge on any atom is 0.120 e. The number of thioether (sulfide) groups is 2. The minimum atomic E-state index is 0.0499. The molecular weight excluding hydrogens is 228 g/mol. The zero-order valence-electron chi connectivity index (χ0n) is 8.77. The number of nitrogens with one attached hydrogen (secondary N) is 1. The van der Waals surface area contributed by atoms with Crippen molar-refractivity contribution in [2.75, 3.05) is 11.5 Å². The second kappa shape index (κ2) is 5.27. The van der Waals surface area contributed by atoms with Crippen LogP contribution >= 0.6 is 23.5 Å². The molecule has 15 heavy (non-hydrogen) atoms. The van der Waals surface area contributed by atoms with E-state index in [9.17, 15) is 0 Å². The average molecular weight is 244 g/mol. The van der Waals surface area contributed by atoms with Gasteiger partial charge in [-0.25, -0.2) is 4.98 Å². The van der Waals surface area contributed by atoms with Gasteiger partial charge in [-0.15, -0.1) is 11.8 Å². The summed E-state index contributed by atoms with van der Waals surface area (Å²) in [5, 5.41) is 10.1. The number of imidazole rings is 1. The van der Waals surface area contributed by atoms with E-state index in [1.54, 1.807) is 6.20 Å². The molecule has 1 aliphatic rings. The van der Waals surface area contributed by atoms with E-state index in [0.717, 1.165) is 11.5 Å². The number of hydrogen-bond acceptors (Lipinski definition) is 4. The molecule has 0 spiro atoms. The normalized spacial score (nSPS) is 26.8. The highest BCUT2D eigenvalue weighted by Gasteiger charge is 2.28. The Morgan fingerprint density at radius 3 is 3.00 bits per heavy atom. The van der Waals surface area contributed by atoms with Crippen LogP contribution in [0.5, 0.6) is 0 Å². The molecule has 2 unspecified atom stereocenters. The molecule has 2 N–H and O–H groups in total. The van der Waals surface area contributed by atoms with E-state index in [1.165, 1.54) is 17.9 Å². The van der Waals surface area contributed by atoms with Gasteiger partial charge in [0.25, 0.3) is 0 Å². The van der Waals surface area contributed by atoms with E-state index < -0.39 is 0 Å². The molecule has 84 valence electrons. The first kappa shape index (κ1) is 11.4. The lowest BCUT2D eigenvalue weighted by Crippen LogP contribution is -2.19. The van der Waals surface area contributed by atoms with Gasteiger partial charge in [-0.2, -0.15) is 11.8 Å². The molecule has 0 bridgehead atoms. The Bertz CT molecular complexity index is 316. The predicted molar refractivity (Wildman–Crippen MR) is 66.2 cm³/mol. The van der Waals surface area contributed by atoms with Crippen LogP contribution in [0.1, 0.15) is 30.1 Å². The molecule has 0 aliphatic carbocycles. The lowest BCUT2D eigenvalue weighted by molar-refractivity contribution is 0.277. The maximum absolute atomic E-state index is 8.99. The van der Waals surface area contributed by atoms with Gasteiger partial charge in [0.05, 0.1) is 23.7 Å². The zero-order chi connectivity index (χ0) is 10.7. The molecule has 0 aromatic carbocycles. The fourth-order valence-corrected chi connectivity index (χ4v) is 4.78. The first-order valence-electron chi connectivity index (χ1n) is 5.23. The summed E-state index contributed by atoms with van der Waals surface area (Å²) in [5.74, 6) is 3.47. The topological polar surface area (TPSA) is 48.9 Å². The summed E-state index contributed by atoms with van der Waals surface area (Å²) in [5.41, 5.74) is 0.816. The largest absolute Gasteiger partial charge is 0.390 e. The van der Waals surface area contributed by atoms with Gasteiger partial charge >= 0.3 is 0 Å². The fraction of sp³-hybridized carbons (Fsp3) is 0.700. The SMILES string of the molecule is CCC1SCCSC1c1ncc(CO)[nH]1. The summed E-state index contributed by atoms with van der Waals surface area (Å²) in [6.07, 6.45) is 2.92. The Morgan fingerprint density at radius 2 is 2.33 bits per heavy atom. The van der Waals surface area contributed by atoms with Gasteiger partial charge in [0.1, 0.15) is 5.82 Å². The highest BCUT2D eigenvalue weighted by Crippen LogP contribution is 2.42. The van der Waals surface area contributed by atoms with Crippen LogP contribution in [-0.2, 0) is 6.61 Å². The summed E-state index contributed by atoms with van der Waals surface area (Å²) >= 11 is 4.02. The van der Waals surface area contributed by atoms with Crippen molar-refractivity contribution < 1.29 is 5.11 Å². The number of aliphatic hydroxyl groups is 1. The molecule has 1 aliphatic heterocycles. The van der Waals surface area contributed by atoms with Crippen LogP contribution in [-0.4, -0.2) is 31.8 Å². The second-order valence-electron chi connectivity index (χ2n) is 3.56. The van der Waals surface area contributed by atoms with E-state index in [4.69, 9.17) is 5.11 Å². The Balaban J connectivity index is 2.12. The fourth-order valence-electron chi connectivity index (χ4n) is 1.76. The lowest BCUT2D eigenvalue weighted by atomic mass is 10.2. The highest BCUT2D eigenvalue weighted by atomic mass is 32.2. The van der Waals surface area contributed by atoms with Gasteiger partial charge in [0, 0.05) is 16.8 Å². The third-order valence-corrected chi connectivity index (χ3v) is 5.80. The third kappa shape index (κ3) is 2.52.